The quantitative estimate of drug-likeness (QED) is 0.230. The second-order valence-corrected chi connectivity index (χ2v) is 11.0. The van der Waals surface area contributed by atoms with Gasteiger partial charge in [-0.05, 0) is 30.3 Å². The number of hydrogen-bond donors (Lipinski definition) is 0. The summed E-state index contributed by atoms with van der Waals surface area (Å²) in [5.41, 5.74) is 6.70. The second-order valence-electron chi connectivity index (χ2n) is 9.88. The summed E-state index contributed by atoms with van der Waals surface area (Å²) in [5.74, 6) is 0.689. The van der Waals surface area contributed by atoms with Crippen LogP contribution in [-0.4, -0.2) is 19.1 Å². The van der Waals surface area contributed by atoms with Gasteiger partial charge in [-0.15, -0.1) is 11.3 Å². The van der Waals surface area contributed by atoms with Crippen LogP contribution >= 0.6 is 11.3 Å². The van der Waals surface area contributed by atoms with Crippen LogP contribution in [-0.2, 0) is 0 Å². The normalized spacial score (nSPS) is 12.1. The fourth-order valence-electron chi connectivity index (χ4n) is 6.16. The van der Waals surface area contributed by atoms with E-state index in [1.807, 2.05) is 6.20 Å². The van der Waals surface area contributed by atoms with E-state index in [4.69, 9.17) is 9.97 Å². The van der Waals surface area contributed by atoms with E-state index in [2.05, 4.69) is 124 Å². The molecule has 0 fully saturated rings. The molecule has 0 aliphatic heterocycles. The highest BCUT2D eigenvalue weighted by Gasteiger charge is 2.22. The minimum Gasteiger partial charge on any atom is -0.307 e. The molecule has 5 heteroatoms. The summed E-state index contributed by atoms with van der Waals surface area (Å²) in [6.07, 6.45) is 1.98. The summed E-state index contributed by atoms with van der Waals surface area (Å²) in [7, 11) is 0. The summed E-state index contributed by atoms with van der Waals surface area (Å²) in [5, 5.41) is 6.00. The van der Waals surface area contributed by atoms with Crippen molar-refractivity contribution in [2.24, 2.45) is 0 Å². The van der Waals surface area contributed by atoms with Crippen LogP contribution in [0.15, 0.2) is 121 Å². The lowest BCUT2D eigenvalue weighted by atomic mass is 10.1. The van der Waals surface area contributed by atoms with Gasteiger partial charge in [-0.2, -0.15) is 0 Å². The predicted octanol–water partition coefficient (Wildman–Crippen LogP) is 9.04. The molecule has 182 valence electrons. The van der Waals surface area contributed by atoms with E-state index in [0.29, 0.717) is 5.95 Å². The van der Waals surface area contributed by atoms with Crippen molar-refractivity contribution in [3.05, 3.63) is 121 Å². The first-order valence-electron chi connectivity index (χ1n) is 13.0. The van der Waals surface area contributed by atoms with E-state index < -0.39 is 0 Å². The molecular weight excluding hydrogens is 496 g/mol. The van der Waals surface area contributed by atoms with Gasteiger partial charge in [-0.25, -0.2) is 9.97 Å². The van der Waals surface area contributed by atoms with Crippen molar-refractivity contribution in [2.45, 2.75) is 0 Å². The summed E-state index contributed by atoms with van der Waals surface area (Å²) in [4.78, 5) is 10.2. The molecule has 9 aromatic rings. The summed E-state index contributed by atoms with van der Waals surface area (Å²) < 4.78 is 6.98. The molecule has 0 unspecified atom stereocenters. The highest BCUT2D eigenvalue weighted by Crippen LogP contribution is 2.41. The molecule has 0 saturated heterocycles. The van der Waals surface area contributed by atoms with E-state index in [0.717, 1.165) is 32.5 Å². The Bertz CT molecular complexity index is 2390. The maximum atomic E-state index is 5.22. The number of nitrogens with zero attached hydrogens (tertiary/aromatic N) is 4. The van der Waals surface area contributed by atoms with Crippen molar-refractivity contribution in [1.29, 1.82) is 0 Å². The Hall–Kier alpha value is -5.00. The Kier molecular flexibility index (Phi) is 4.18. The number of fused-ring (bicyclic) bond motifs is 10. The highest BCUT2D eigenvalue weighted by molar-refractivity contribution is 7.25. The molecule has 0 spiro atoms. The average molecular weight is 517 g/mol. The topological polar surface area (TPSA) is 35.6 Å². The Morgan fingerprint density at radius 2 is 1.08 bits per heavy atom. The fraction of sp³-hybridized carbons (Fsp3) is 0. The van der Waals surface area contributed by atoms with Crippen LogP contribution in [0.3, 0.4) is 0 Å². The number of hydrogen-bond acceptors (Lipinski definition) is 3. The molecule has 0 radical (unpaired) electrons. The summed E-state index contributed by atoms with van der Waals surface area (Å²) in [6.45, 7) is 0. The lowest BCUT2D eigenvalue weighted by Crippen LogP contribution is -2.02. The highest BCUT2D eigenvalue weighted by atomic mass is 32.1. The van der Waals surface area contributed by atoms with E-state index >= 15 is 0 Å². The molecule has 0 N–H and O–H groups in total. The van der Waals surface area contributed by atoms with Gasteiger partial charge in [0.2, 0.25) is 5.95 Å². The zero-order valence-electron chi connectivity index (χ0n) is 20.7. The van der Waals surface area contributed by atoms with Gasteiger partial charge in [0.15, 0.2) is 0 Å². The largest absolute Gasteiger partial charge is 0.307 e. The monoisotopic (exact) mass is 516 g/mol. The molecule has 4 heterocycles. The molecule has 0 aliphatic rings. The first-order valence-corrected chi connectivity index (χ1v) is 13.8. The van der Waals surface area contributed by atoms with Crippen molar-refractivity contribution in [1.82, 2.24) is 19.1 Å². The second kappa shape index (κ2) is 7.76. The van der Waals surface area contributed by atoms with Gasteiger partial charge in [0.05, 0.1) is 38.5 Å². The zero-order valence-corrected chi connectivity index (χ0v) is 21.6. The molecule has 0 amide bonds. The summed E-state index contributed by atoms with van der Waals surface area (Å²) in [6, 6.07) is 40.9. The van der Waals surface area contributed by atoms with E-state index in [1.54, 1.807) is 11.3 Å². The zero-order chi connectivity index (χ0) is 25.5. The van der Waals surface area contributed by atoms with E-state index in [9.17, 15) is 0 Å². The Balaban J connectivity index is 1.51. The number of rotatable bonds is 2. The molecule has 0 aliphatic carbocycles. The third kappa shape index (κ3) is 2.82. The van der Waals surface area contributed by atoms with Gasteiger partial charge in [-0.3, -0.25) is 4.57 Å². The van der Waals surface area contributed by atoms with E-state index in [-0.39, 0.29) is 0 Å². The number of aromatic nitrogens is 4. The van der Waals surface area contributed by atoms with Crippen LogP contribution in [0, 0.1) is 0 Å². The van der Waals surface area contributed by atoms with Crippen LogP contribution < -0.4 is 0 Å². The van der Waals surface area contributed by atoms with Crippen LogP contribution in [0.1, 0.15) is 0 Å². The number of benzene rings is 5. The molecule has 4 nitrogen and oxygen atoms in total. The van der Waals surface area contributed by atoms with Crippen LogP contribution in [0.4, 0.5) is 0 Å². The molecule has 0 saturated carbocycles. The van der Waals surface area contributed by atoms with Gasteiger partial charge >= 0.3 is 0 Å². The van der Waals surface area contributed by atoms with Crippen molar-refractivity contribution in [3.8, 4) is 11.6 Å². The fourth-order valence-corrected chi connectivity index (χ4v) is 7.18. The third-order valence-corrected chi connectivity index (χ3v) is 8.88. The van der Waals surface area contributed by atoms with Crippen LogP contribution in [0.5, 0.6) is 0 Å². The minimum absolute atomic E-state index is 0.689. The predicted molar refractivity (Wildman–Crippen MR) is 164 cm³/mol. The molecule has 5 aromatic carbocycles. The third-order valence-electron chi connectivity index (χ3n) is 7.79. The number of para-hydroxylation sites is 3. The smallest absolute Gasteiger partial charge is 0.235 e. The van der Waals surface area contributed by atoms with Gasteiger partial charge in [0.25, 0.3) is 0 Å². The standard InChI is InChI=1S/C34H20N4S/c1-2-10-21(11-3-1)37-27-15-7-4-12-22(27)24-18-19-25-23-13-5-8-16-28(23)38(33(25)32(24)37)34-35-20-30-31(36-34)26-14-6-9-17-29(26)39-30/h1-20H. The summed E-state index contributed by atoms with van der Waals surface area (Å²) >= 11 is 1.74. The van der Waals surface area contributed by atoms with Crippen LogP contribution in [0.25, 0.3) is 75.6 Å². The molecule has 9 rings (SSSR count). The first-order chi connectivity index (χ1) is 19.4. The van der Waals surface area contributed by atoms with Crippen LogP contribution in [0.2, 0.25) is 0 Å². The van der Waals surface area contributed by atoms with Gasteiger partial charge in [0.1, 0.15) is 0 Å². The molecule has 0 bridgehead atoms. The van der Waals surface area contributed by atoms with Crippen molar-refractivity contribution >= 4 is 75.3 Å². The van der Waals surface area contributed by atoms with Crippen molar-refractivity contribution in [3.63, 3.8) is 0 Å². The van der Waals surface area contributed by atoms with Gasteiger partial charge in [0, 0.05) is 37.3 Å². The SMILES string of the molecule is c1ccc(-n2c3ccccc3c3ccc4c5ccccc5n(-c5ncc6sc7ccccc7c6n5)c4c32)cc1. The maximum Gasteiger partial charge on any atom is 0.235 e. The van der Waals surface area contributed by atoms with Crippen molar-refractivity contribution in [2.75, 3.05) is 0 Å². The lowest BCUT2D eigenvalue weighted by molar-refractivity contribution is 1.01. The van der Waals surface area contributed by atoms with Crippen molar-refractivity contribution < 1.29 is 0 Å². The maximum absolute atomic E-state index is 5.22. The average Bonchev–Trinajstić information content (AvgIpc) is 3.65. The van der Waals surface area contributed by atoms with Gasteiger partial charge < -0.3 is 4.57 Å². The van der Waals surface area contributed by atoms with E-state index in [1.165, 1.54) is 37.1 Å². The molecule has 39 heavy (non-hydrogen) atoms. The first kappa shape index (κ1) is 21.0. The van der Waals surface area contributed by atoms with Gasteiger partial charge in [-0.1, -0.05) is 84.9 Å². The number of thiophene rings is 1. The molecular formula is C34H20N4S. The minimum atomic E-state index is 0.689. The lowest BCUT2D eigenvalue weighted by Gasteiger charge is -2.11. The Morgan fingerprint density at radius 3 is 1.82 bits per heavy atom. The molecule has 4 aromatic heterocycles. The Labute approximate surface area is 227 Å². The Morgan fingerprint density at radius 1 is 0.487 bits per heavy atom. The molecule has 0 atom stereocenters.